The Morgan fingerprint density at radius 3 is 3.05 bits per heavy atom. The molecule has 1 aliphatic heterocycles. The highest BCUT2D eigenvalue weighted by Crippen LogP contribution is 2.26. The number of nitrogens with zero attached hydrogens (tertiary/aromatic N) is 3. The molecule has 106 valence electrons. The predicted octanol–water partition coefficient (Wildman–Crippen LogP) is 2.60. The second-order valence-electron chi connectivity index (χ2n) is 5.10. The molecule has 3 heterocycles. The molecule has 4 nitrogen and oxygen atoms in total. The normalized spacial score (nSPS) is 14.3. The Balaban J connectivity index is 1.63. The molecule has 2 aromatic heterocycles. The van der Waals surface area contributed by atoms with Crippen LogP contribution in [0.15, 0.2) is 23.6 Å². The van der Waals surface area contributed by atoms with Gasteiger partial charge in [0.05, 0.1) is 5.69 Å². The van der Waals surface area contributed by atoms with E-state index in [2.05, 4.69) is 50.9 Å². The highest BCUT2D eigenvalue weighted by atomic mass is 32.1. The van der Waals surface area contributed by atoms with Gasteiger partial charge in [-0.25, -0.2) is 0 Å². The monoisotopic (exact) mass is 288 g/mol. The standard InChI is InChI=1S/C15H20N4S/c1-2-7-16-10-13-3-4-15(18-17-13)19-8-5-14-12(11-19)6-9-20-14/h3-4,6,9,16H,2,5,7-8,10-11H2,1H3. The highest BCUT2D eigenvalue weighted by Gasteiger charge is 2.18. The lowest BCUT2D eigenvalue weighted by molar-refractivity contribution is 0.653. The average molecular weight is 288 g/mol. The molecule has 0 radical (unpaired) electrons. The van der Waals surface area contributed by atoms with Gasteiger partial charge in [-0.2, -0.15) is 5.10 Å². The first kappa shape index (κ1) is 13.5. The van der Waals surface area contributed by atoms with Crippen LogP contribution in [0.5, 0.6) is 0 Å². The molecule has 20 heavy (non-hydrogen) atoms. The summed E-state index contributed by atoms with van der Waals surface area (Å²) < 4.78 is 0. The van der Waals surface area contributed by atoms with Crippen LogP contribution in [0.3, 0.4) is 0 Å². The van der Waals surface area contributed by atoms with E-state index in [4.69, 9.17) is 0 Å². The molecule has 3 rings (SSSR count). The molecule has 0 spiro atoms. The van der Waals surface area contributed by atoms with Gasteiger partial charge < -0.3 is 10.2 Å². The van der Waals surface area contributed by atoms with Gasteiger partial charge in [0.25, 0.3) is 0 Å². The molecule has 0 aromatic carbocycles. The number of thiophene rings is 1. The van der Waals surface area contributed by atoms with Gasteiger partial charge in [0.1, 0.15) is 0 Å². The van der Waals surface area contributed by atoms with E-state index in [1.165, 1.54) is 10.4 Å². The molecule has 5 heteroatoms. The van der Waals surface area contributed by atoms with Crippen molar-refractivity contribution in [1.29, 1.82) is 0 Å². The quantitative estimate of drug-likeness (QED) is 0.859. The van der Waals surface area contributed by atoms with E-state index in [1.807, 2.05) is 11.3 Å². The lowest BCUT2D eigenvalue weighted by atomic mass is 10.1. The molecule has 0 saturated heterocycles. The van der Waals surface area contributed by atoms with Gasteiger partial charge in [0.15, 0.2) is 5.82 Å². The Kier molecular flexibility index (Phi) is 4.28. The maximum Gasteiger partial charge on any atom is 0.151 e. The summed E-state index contributed by atoms with van der Waals surface area (Å²) in [5.74, 6) is 0.987. The van der Waals surface area contributed by atoms with Crippen molar-refractivity contribution in [2.24, 2.45) is 0 Å². The Morgan fingerprint density at radius 1 is 1.30 bits per heavy atom. The van der Waals surface area contributed by atoms with E-state index in [1.54, 1.807) is 0 Å². The Bertz CT molecular complexity index is 549. The summed E-state index contributed by atoms with van der Waals surface area (Å²) in [5, 5.41) is 14.2. The predicted molar refractivity (Wildman–Crippen MR) is 83.1 cm³/mol. The smallest absolute Gasteiger partial charge is 0.151 e. The SMILES string of the molecule is CCCNCc1ccc(N2CCc3sccc3C2)nn1. The van der Waals surface area contributed by atoms with Crippen LogP contribution in [0.25, 0.3) is 0 Å². The Morgan fingerprint density at radius 2 is 2.25 bits per heavy atom. The molecule has 0 atom stereocenters. The first-order valence-electron chi connectivity index (χ1n) is 7.20. The molecule has 2 aromatic rings. The van der Waals surface area contributed by atoms with E-state index < -0.39 is 0 Å². The maximum atomic E-state index is 4.38. The number of nitrogens with one attached hydrogen (secondary N) is 1. The van der Waals surface area contributed by atoms with Gasteiger partial charge in [-0.05, 0) is 48.5 Å². The highest BCUT2D eigenvalue weighted by molar-refractivity contribution is 7.10. The van der Waals surface area contributed by atoms with Crippen molar-refractivity contribution in [2.45, 2.75) is 32.9 Å². The third-order valence-electron chi connectivity index (χ3n) is 3.57. The van der Waals surface area contributed by atoms with Crippen molar-refractivity contribution in [3.8, 4) is 0 Å². The minimum Gasteiger partial charge on any atom is -0.350 e. The van der Waals surface area contributed by atoms with Crippen molar-refractivity contribution < 1.29 is 0 Å². The summed E-state index contributed by atoms with van der Waals surface area (Å²) in [6.07, 6.45) is 2.26. The van der Waals surface area contributed by atoms with Crippen molar-refractivity contribution in [2.75, 3.05) is 18.0 Å². The molecular formula is C15H20N4S. The van der Waals surface area contributed by atoms with Crippen LogP contribution in [0.4, 0.5) is 5.82 Å². The summed E-state index contributed by atoms with van der Waals surface area (Å²) in [4.78, 5) is 3.83. The minimum atomic E-state index is 0.801. The second kappa shape index (κ2) is 6.33. The summed E-state index contributed by atoms with van der Waals surface area (Å²) in [7, 11) is 0. The van der Waals surface area contributed by atoms with E-state index in [9.17, 15) is 0 Å². The lowest BCUT2D eigenvalue weighted by Gasteiger charge is -2.27. The second-order valence-corrected chi connectivity index (χ2v) is 6.10. The van der Waals surface area contributed by atoms with Gasteiger partial charge in [-0.1, -0.05) is 6.92 Å². The summed E-state index contributed by atoms with van der Waals surface area (Å²) in [5.41, 5.74) is 2.45. The number of hydrogen-bond donors (Lipinski definition) is 1. The van der Waals surface area contributed by atoms with Crippen molar-refractivity contribution >= 4 is 17.2 Å². The number of aromatic nitrogens is 2. The fourth-order valence-electron chi connectivity index (χ4n) is 2.45. The van der Waals surface area contributed by atoms with Crippen LogP contribution in [0, 0.1) is 0 Å². The van der Waals surface area contributed by atoms with Gasteiger partial charge in [0.2, 0.25) is 0 Å². The van der Waals surface area contributed by atoms with Gasteiger partial charge >= 0.3 is 0 Å². The zero-order chi connectivity index (χ0) is 13.8. The third-order valence-corrected chi connectivity index (χ3v) is 4.59. The van der Waals surface area contributed by atoms with Gasteiger partial charge in [-0.3, -0.25) is 0 Å². The zero-order valence-electron chi connectivity index (χ0n) is 11.8. The molecule has 1 aliphatic rings. The van der Waals surface area contributed by atoms with Crippen LogP contribution in [-0.2, 0) is 19.5 Å². The van der Waals surface area contributed by atoms with Crippen molar-refractivity contribution in [3.05, 3.63) is 39.7 Å². The number of anilines is 1. The first-order chi connectivity index (χ1) is 9.86. The Hall–Kier alpha value is -1.46. The van der Waals surface area contributed by atoms with Gasteiger partial charge in [0, 0.05) is 24.5 Å². The largest absolute Gasteiger partial charge is 0.350 e. The van der Waals surface area contributed by atoms with Crippen LogP contribution in [-0.4, -0.2) is 23.3 Å². The molecule has 0 bridgehead atoms. The first-order valence-corrected chi connectivity index (χ1v) is 8.08. The topological polar surface area (TPSA) is 41.0 Å². The molecule has 0 amide bonds. The van der Waals surface area contributed by atoms with Crippen molar-refractivity contribution in [1.82, 2.24) is 15.5 Å². The maximum absolute atomic E-state index is 4.38. The zero-order valence-corrected chi connectivity index (χ0v) is 12.6. The number of hydrogen-bond acceptors (Lipinski definition) is 5. The molecule has 1 N–H and O–H groups in total. The average Bonchev–Trinajstić information content (AvgIpc) is 2.96. The van der Waals surface area contributed by atoms with Crippen molar-refractivity contribution in [3.63, 3.8) is 0 Å². The molecule has 0 saturated carbocycles. The van der Waals surface area contributed by atoms with Crippen LogP contribution >= 0.6 is 11.3 Å². The Labute approximate surface area is 123 Å². The third kappa shape index (κ3) is 2.99. The van der Waals surface area contributed by atoms with Gasteiger partial charge in [-0.15, -0.1) is 16.4 Å². The summed E-state index contributed by atoms with van der Waals surface area (Å²) >= 11 is 1.87. The molecular weight excluding hydrogens is 268 g/mol. The fourth-order valence-corrected chi connectivity index (χ4v) is 3.34. The van der Waals surface area contributed by atoms with Crippen LogP contribution in [0.2, 0.25) is 0 Å². The summed E-state index contributed by atoms with van der Waals surface area (Å²) in [6, 6.07) is 6.39. The van der Waals surface area contributed by atoms with E-state index >= 15 is 0 Å². The minimum absolute atomic E-state index is 0.801. The van der Waals surface area contributed by atoms with Crippen LogP contribution < -0.4 is 10.2 Å². The molecule has 0 aliphatic carbocycles. The lowest BCUT2D eigenvalue weighted by Crippen LogP contribution is -2.30. The van der Waals surface area contributed by atoms with E-state index in [0.717, 1.165) is 50.5 Å². The van der Waals surface area contributed by atoms with E-state index in [-0.39, 0.29) is 0 Å². The number of fused-ring (bicyclic) bond motifs is 1. The molecule has 0 fully saturated rings. The number of rotatable bonds is 5. The summed E-state index contributed by atoms with van der Waals surface area (Å²) in [6.45, 7) is 5.99. The van der Waals surface area contributed by atoms with E-state index in [0.29, 0.717) is 0 Å². The van der Waals surface area contributed by atoms with Crippen LogP contribution in [0.1, 0.15) is 29.5 Å². The molecule has 0 unspecified atom stereocenters. The fraction of sp³-hybridized carbons (Fsp3) is 0.467.